The fraction of sp³-hybridized carbons (Fsp3) is 0.267. The zero-order valence-electron chi connectivity index (χ0n) is 12.6. The minimum atomic E-state index is -4.47. The number of hydrogen-bond donors (Lipinski definition) is 1. The summed E-state index contributed by atoms with van der Waals surface area (Å²) in [7, 11) is -4.15. The Hall–Kier alpha value is -2.49. The molecule has 1 N–H and O–H groups in total. The predicted octanol–water partition coefficient (Wildman–Crippen LogP) is 2.10. The van der Waals surface area contributed by atoms with E-state index in [0.29, 0.717) is 5.56 Å². The van der Waals surface area contributed by atoms with E-state index in [-0.39, 0.29) is 6.42 Å². The minimum absolute atomic E-state index is 0.281. The summed E-state index contributed by atoms with van der Waals surface area (Å²) in [5.74, 6) is -1.91. The van der Waals surface area contributed by atoms with E-state index < -0.39 is 44.5 Å². The van der Waals surface area contributed by atoms with E-state index in [1.54, 1.807) is 0 Å². The lowest BCUT2D eigenvalue weighted by molar-refractivity contribution is -0.137. The van der Waals surface area contributed by atoms with Crippen molar-refractivity contribution in [2.24, 2.45) is 5.92 Å². The smallest absolute Gasteiger partial charge is 0.274 e. The Morgan fingerprint density at radius 2 is 2.00 bits per heavy atom. The lowest BCUT2D eigenvalue weighted by Gasteiger charge is -2.09. The van der Waals surface area contributed by atoms with Crippen LogP contribution in [0.1, 0.15) is 23.5 Å². The summed E-state index contributed by atoms with van der Waals surface area (Å²) in [6.45, 7) is 0. The molecule has 1 aliphatic rings. The zero-order chi connectivity index (χ0) is 18.2. The molecule has 2 atom stereocenters. The summed E-state index contributed by atoms with van der Waals surface area (Å²) in [4.78, 5) is 19.3. The Morgan fingerprint density at radius 1 is 1.24 bits per heavy atom. The number of halogens is 3. The van der Waals surface area contributed by atoms with Gasteiger partial charge in [-0.1, -0.05) is 18.2 Å². The second-order valence-electron chi connectivity index (χ2n) is 5.59. The van der Waals surface area contributed by atoms with Crippen LogP contribution >= 0.6 is 0 Å². The lowest BCUT2D eigenvalue weighted by atomic mass is 10.1. The van der Waals surface area contributed by atoms with Gasteiger partial charge in [0, 0.05) is 18.3 Å². The molecule has 2 aromatic rings. The maximum absolute atomic E-state index is 12.7. The van der Waals surface area contributed by atoms with Gasteiger partial charge >= 0.3 is 6.18 Å². The molecule has 1 saturated carbocycles. The van der Waals surface area contributed by atoms with E-state index in [4.69, 9.17) is 0 Å². The largest absolute Gasteiger partial charge is 0.416 e. The van der Waals surface area contributed by atoms with Gasteiger partial charge in [-0.15, -0.1) is 0 Å². The summed E-state index contributed by atoms with van der Waals surface area (Å²) in [5.41, 5.74) is -0.449. The van der Waals surface area contributed by atoms with Crippen LogP contribution in [0.2, 0.25) is 0 Å². The number of nitrogens with zero attached hydrogens (tertiary/aromatic N) is 2. The highest BCUT2D eigenvalue weighted by molar-refractivity contribution is 7.90. The number of nitrogens with one attached hydrogen (secondary N) is 1. The average molecular weight is 371 g/mol. The number of rotatable bonds is 4. The van der Waals surface area contributed by atoms with Gasteiger partial charge in [0.2, 0.25) is 5.91 Å². The van der Waals surface area contributed by atoms with Crippen molar-refractivity contribution in [1.29, 1.82) is 0 Å². The molecule has 132 valence electrons. The molecule has 3 rings (SSSR count). The molecule has 1 heterocycles. The molecular weight excluding hydrogens is 359 g/mol. The Labute approximate surface area is 141 Å². The van der Waals surface area contributed by atoms with Crippen LogP contribution < -0.4 is 4.72 Å². The number of hydrogen-bond acceptors (Lipinski definition) is 5. The van der Waals surface area contributed by atoms with E-state index in [9.17, 15) is 26.4 Å². The van der Waals surface area contributed by atoms with Crippen LogP contribution in [0.25, 0.3) is 0 Å². The summed E-state index contributed by atoms with van der Waals surface area (Å²) in [5, 5.41) is -0.403. The number of benzene rings is 1. The topological polar surface area (TPSA) is 89.0 Å². The monoisotopic (exact) mass is 371 g/mol. The highest BCUT2D eigenvalue weighted by atomic mass is 32.2. The van der Waals surface area contributed by atoms with Crippen molar-refractivity contribution in [2.45, 2.75) is 23.5 Å². The van der Waals surface area contributed by atoms with Crippen molar-refractivity contribution in [3.63, 3.8) is 0 Å². The van der Waals surface area contributed by atoms with E-state index in [0.717, 1.165) is 18.3 Å². The molecule has 0 spiro atoms. The third-order valence-corrected chi connectivity index (χ3v) is 5.05. The van der Waals surface area contributed by atoms with Gasteiger partial charge in [0.05, 0.1) is 11.8 Å². The Balaban J connectivity index is 1.71. The summed E-state index contributed by atoms with van der Waals surface area (Å²) < 4.78 is 64.2. The number of aromatic nitrogens is 2. The molecule has 1 aromatic heterocycles. The van der Waals surface area contributed by atoms with Crippen LogP contribution in [-0.4, -0.2) is 24.3 Å². The van der Waals surface area contributed by atoms with Crippen molar-refractivity contribution in [2.75, 3.05) is 0 Å². The van der Waals surface area contributed by atoms with Crippen molar-refractivity contribution in [3.05, 3.63) is 54.0 Å². The van der Waals surface area contributed by atoms with Crippen molar-refractivity contribution in [3.8, 4) is 0 Å². The summed E-state index contributed by atoms with van der Waals surface area (Å²) in [6.07, 6.45) is -0.749. The van der Waals surface area contributed by atoms with Crippen LogP contribution in [-0.2, 0) is 21.0 Å². The van der Waals surface area contributed by atoms with Crippen LogP contribution in [0, 0.1) is 5.92 Å². The second-order valence-corrected chi connectivity index (χ2v) is 7.21. The van der Waals surface area contributed by atoms with Crippen molar-refractivity contribution in [1.82, 2.24) is 14.7 Å². The van der Waals surface area contributed by atoms with Crippen LogP contribution in [0.4, 0.5) is 13.2 Å². The molecule has 25 heavy (non-hydrogen) atoms. The van der Waals surface area contributed by atoms with Gasteiger partial charge in [0.25, 0.3) is 10.0 Å². The first-order valence-electron chi connectivity index (χ1n) is 7.18. The van der Waals surface area contributed by atoms with Gasteiger partial charge in [0.15, 0.2) is 5.03 Å². The fourth-order valence-electron chi connectivity index (χ4n) is 2.48. The molecule has 6 nitrogen and oxygen atoms in total. The summed E-state index contributed by atoms with van der Waals surface area (Å²) in [6, 6.07) is 4.68. The van der Waals surface area contributed by atoms with Crippen molar-refractivity contribution >= 4 is 15.9 Å². The van der Waals surface area contributed by atoms with Crippen LogP contribution in [0.3, 0.4) is 0 Å². The summed E-state index contributed by atoms with van der Waals surface area (Å²) >= 11 is 0. The van der Waals surface area contributed by atoms with Gasteiger partial charge in [-0.05, 0) is 24.0 Å². The SMILES string of the molecule is O=C(NS(=O)(=O)c1cnccn1)[C@@H]1C[C@@H]1c1cccc(C(F)(F)F)c1. The minimum Gasteiger partial charge on any atom is -0.274 e. The quantitative estimate of drug-likeness (QED) is 0.889. The highest BCUT2D eigenvalue weighted by Gasteiger charge is 2.46. The molecule has 0 saturated heterocycles. The molecule has 0 bridgehead atoms. The first-order valence-corrected chi connectivity index (χ1v) is 8.66. The van der Waals surface area contributed by atoms with E-state index in [1.807, 2.05) is 4.72 Å². The van der Waals surface area contributed by atoms with E-state index in [2.05, 4.69) is 9.97 Å². The first-order chi connectivity index (χ1) is 11.7. The number of amides is 1. The molecule has 1 aromatic carbocycles. The Morgan fingerprint density at radius 3 is 2.64 bits per heavy atom. The van der Waals surface area contributed by atoms with Gasteiger partial charge in [0.1, 0.15) is 0 Å². The predicted molar refractivity (Wildman–Crippen MR) is 79.7 cm³/mol. The number of carbonyl (C=O) groups is 1. The normalized spacial score (nSPS) is 20.1. The fourth-order valence-corrected chi connectivity index (χ4v) is 3.40. The Kier molecular flexibility index (Phi) is 4.23. The van der Waals surface area contributed by atoms with Gasteiger partial charge in [-0.25, -0.2) is 9.71 Å². The van der Waals surface area contributed by atoms with E-state index >= 15 is 0 Å². The van der Waals surface area contributed by atoms with Gasteiger partial charge < -0.3 is 0 Å². The number of alkyl halides is 3. The van der Waals surface area contributed by atoms with Crippen LogP contribution in [0.15, 0.2) is 47.9 Å². The maximum atomic E-state index is 12.7. The van der Waals surface area contributed by atoms with Gasteiger partial charge in [-0.2, -0.15) is 21.6 Å². The third-order valence-electron chi connectivity index (χ3n) is 3.82. The molecule has 1 fully saturated rings. The third kappa shape index (κ3) is 3.78. The molecule has 1 aliphatic carbocycles. The maximum Gasteiger partial charge on any atom is 0.416 e. The Bertz CT molecular complexity index is 901. The lowest BCUT2D eigenvalue weighted by Crippen LogP contribution is -2.32. The molecule has 0 aliphatic heterocycles. The molecule has 1 amide bonds. The molecule has 0 radical (unpaired) electrons. The van der Waals surface area contributed by atoms with Crippen LogP contribution in [0.5, 0.6) is 0 Å². The number of sulfonamides is 1. The number of carbonyl (C=O) groups excluding carboxylic acids is 1. The zero-order valence-corrected chi connectivity index (χ0v) is 13.4. The van der Waals surface area contributed by atoms with E-state index in [1.165, 1.54) is 24.5 Å². The average Bonchev–Trinajstić information content (AvgIpc) is 3.35. The molecular formula is C15H12F3N3O3S. The van der Waals surface area contributed by atoms with Crippen molar-refractivity contribution < 1.29 is 26.4 Å². The highest BCUT2D eigenvalue weighted by Crippen LogP contribution is 2.48. The molecule has 0 unspecified atom stereocenters. The molecule has 10 heteroatoms. The standard InChI is InChI=1S/C15H12F3N3O3S/c16-15(17,18)10-3-1-2-9(6-10)11-7-12(11)14(22)21-25(23,24)13-8-19-4-5-20-13/h1-6,8,11-12H,7H2,(H,21,22)/t11-,12-/m1/s1. The second kappa shape index (κ2) is 6.10. The van der Waals surface area contributed by atoms with Gasteiger partial charge in [-0.3, -0.25) is 9.78 Å². The first kappa shape index (κ1) is 17.3.